The van der Waals surface area contributed by atoms with Gasteiger partial charge in [0.1, 0.15) is 6.61 Å². The van der Waals surface area contributed by atoms with Crippen LogP contribution in [0, 0.1) is 10.1 Å². The monoisotopic (exact) mass is 344 g/mol. The highest BCUT2D eigenvalue weighted by Crippen LogP contribution is 2.28. The molecule has 2 aromatic rings. The van der Waals surface area contributed by atoms with Gasteiger partial charge < -0.3 is 15.2 Å². The Balaban J connectivity index is 2.04. The van der Waals surface area contributed by atoms with Crippen LogP contribution in [-0.2, 0) is 6.61 Å². The highest BCUT2D eigenvalue weighted by molar-refractivity contribution is 5.82. The zero-order chi connectivity index (χ0) is 18.2. The van der Waals surface area contributed by atoms with Crippen LogP contribution in [0.5, 0.6) is 11.5 Å². The van der Waals surface area contributed by atoms with Gasteiger partial charge in [0.05, 0.1) is 18.2 Å². The van der Waals surface area contributed by atoms with Gasteiger partial charge in [0.15, 0.2) is 11.5 Å². The molecule has 2 amide bonds. The number of nitrogens with two attached hydrogens (primary N) is 1. The Morgan fingerprint density at radius 2 is 2.00 bits per heavy atom. The number of carbonyl (C=O) groups is 1. The fourth-order valence-electron chi connectivity index (χ4n) is 1.93. The summed E-state index contributed by atoms with van der Waals surface area (Å²) in [5.74, 6) is 0.978. The normalized spacial score (nSPS) is 10.4. The van der Waals surface area contributed by atoms with Gasteiger partial charge in [-0.15, -0.1) is 0 Å². The lowest BCUT2D eigenvalue weighted by atomic mass is 10.2. The number of nitro benzene ring substituents is 1. The summed E-state index contributed by atoms with van der Waals surface area (Å²) < 4.78 is 10.9. The number of amides is 2. The number of nitro groups is 1. The topological polar surface area (TPSA) is 129 Å². The van der Waals surface area contributed by atoms with Gasteiger partial charge in [0.25, 0.3) is 5.69 Å². The minimum absolute atomic E-state index is 0.0227. The average molecular weight is 344 g/mol. The first-order valence-electron chi connectivity index (χ1n) is 7.12. The van der Waals surface area contributed by atoms with Crippen molar-refractivity contribution in [3.05, 3.63) is 63.7 Å². The predicted octanol–water partition coefficient (Wildman–Crippen LogP) is 2.18. The average Bonchev–Trinajstić information content (AvgIpc) is 2.60. The number of hydrogen-bond donors (Lipinski definition) is 2. The molecule has 0 radical (unpaired) electrons. The molecule has 2 rings (SSSR count). The Labute approximate surface area is 143 Å². The minimum Gasteiger partial charge on any atom is -0.493 e. The van der Waals surface area contributed by atoms with Crippen LogP contribution in [-0.4, -0.2) is 24.3 Å². The maximum absolute atomic E-state index is 10.6. The highest BCUT2D eigenvalue weighted by Gasteiger charge is 2.07. The van der Waals surface area contributed by atoms with E-state index in [1.807, 2.05) is 0 Å². The number of non-ortho nitro benzene ring substituents is 1. The van der Waals surface area contributed by atoms with Crippen molar-refractivity contribution >= 4 is 17.9 Å². The number of methoxy groups -OCH3 is 1. The van der Waals surface area contributed by atoms with E-state index in [0.29, 0.717) is 17.1 Å². The molecular formula is C16H16N4O5. The van der Waals surface area contributed by atoms with Crippen LogP contribution in [0.1, 0.15) is 11.1 Å². The van der Waals surface area contributed by atoms with Crippen LogP contribution in [0.25, 0.3) is 0 Å². The van der Waals surface area contributed by atoms with Crippen molar-refractivity contribution in [2.75, 3.05) is 7.11 Å². The fraction of sp³-hybridized carbons (Fsp3) is 0.125. The van der Waals surface area contributed by atoms with Gasteiger partial charge in [-0.1, -0.05) is 0 Å². The Kier molecular flexibility index (Phi) is 5.88. The summed E-state index contributed by atoms with van der Waals surface area (Å²) in [6.45, 7) is 0.227. The molecule has 0 aliphatic heterocycles. The molecule has 0 aliphatic rings. The molecule has 9 nitrogen and oxygen atoms in total. The summed E-state index contributed by atoms with van der Waals surface area (Å²) in [5.41, 5.74) is 8.48. The van der Waals surface area contributed by atoms with Gasteiger partial charge in [-0.3, -0.25) is 10.1 Å². The SMILES string of the molecule is COc1cc(/C=N\NC(N)=O)ccc1OCc1ccc([N+](=O)[O-])cc1. The van der Waals surface area contributed by atoms with E-state index in [9.17, 15) is 14.9 Å². The first kappa shape index (κ1) is 17.7. The van der Waals surface area contributed by atoms with Crippen molar-refractivity contribution in [3.63, 3.8) is 0 Å². The number of carbonyl (C=O) groups excluding carboxylic acids is 1. The summed E-state index contributed by atoms with van der Waals surface area (Å²) in [7, 11) is 1.50. The maximum atomic E-state index is 10.6. The number of rotatable bonds is 7. The van der Waals surface area contributed by atoms with Crippen LogP contribution >= 0.6 is 0 Å². The fourth-order valence-corrected chi connectivity index (χ4v) is 1.93. The predicted molar refractivity (Wildman–Crippen MR) is 90.7 cm³/mol. The second-order valence-electron chi connectivity index (χ2n) is 4.86. The largest absolute Gasteiger partial charge is 0.493 e. The smallest absolute Gasteiger partial charge is 0.332 e. The van der Waals surface area contributed by atoms with E-state index in [2.05, 4.69) is 10.5 Å². The van der Waals surface area contributed by atoms with E-state index in [-0.39, 0.29) is 12.3 Å². The number of hydrazone groups is 1. The third kappa shape index (κ3) is 5.20. The molecule has 0 saturated heterocycles. The second-order valence-corrected chi connectivity index (χ2v) is 4.86. The summed E-state index contributed by atoms with van der Waals surface area (Å²) >= 11 is 0. The second kappa shape index (κ2) is 8.29. The molecule has 0 unspecified atom stereocenters. The quantitative estimate of drug-likeness (QED) is 0.452. The summed E-state index contributed by atoms with van der Waals surface area (Å²) in [4.78, 5) is 20.7. The first-order chi connectivity index (χ1) is 12.0. The minimum atomic E-state index is -0.758. The zero-order valence-corrected chi connectivity index (χ0v) is 13.3. The molecule has 0 aliphatic carbocycles. The van der Waals surface area contributed by atoms with Gasteiger partial charge in [-0.25, -0.2) is 10.2 Å². The number of urea groups is 1. The third-order valence-electron chi connectivity index (χ3n) is 3.12. The van der Waals surface area contributed by atoms with Crippen molar-refractivity contribution in [1.29, 1.82) is 0 Å². The van der Waals surface area contributed by atoms with Crippen molar-refractivity contribution in [2.45, 2.75) is 6.61 Å². The Bertz CT molecular complexity index is 790. The highest BCUT2D eigenvalue weighted by atomic mass is 16.6. The van der Waals surface area contributed by atoms with Crippen molar-refractivity contribution in [3.8, 4) is 11.5 Å². The lowest BCUT2D eigenvalue weighted by Gasteiger charge is -2.11. The standard InChI is InChI=1S/C16H16N4O5/c1-24-15-8-12(9-18-19-16(17)21)4-7-14(15)25-10-11-2-5-13(6-3-11)20(22)23/h2-9H,10H2,1H3,(H3,17,19,21)/b18-9-. The van der Waals surface area contributed by atoms with E-state index < -0.39 is 11.0 Å². The van der Waals surface area contributed by atoms with E-state index in [0.717, 1.165) is 5.56 Å². The molecule has 25 heavy (non-hydrogen) atoms. The molecule has 3 N–H and O–H groups in total. The van der Waals surface area contributed by atoms with Gasteiger partial charge in [-0.05, 0) is 41.5 Å². The first-order valence-corrected chi connectivity index (χ1v) is 7.12. The summed E-state index contributed by atoms with van der Waals surface area (Å²) in [6, 6.07) is 10.4. The maximum Gasteiger partial charge on any atom is 0.332 e. The van der Waals surface area contributed by atoms with E-state index >= 15 is 0 Å². The van der Waals surface area contributed by atoms with Crippen molar-refractivity contribution < 1.29 is 19.2 Å². The Hall–Kier alpha value is -3.62. The van der Waals surface area contributed by atoms with Crippen molar-refractivity contribution in [2.24, 2.45) is 10.8 Å². The van der Waals surface area contributed by atoms with Crippen LogP contribution in [0.4, 0.5) is 10.5 Å². The molecule has 0 bridgehead atoms. The molecule has 0 atom stereocenters. The van der Waals surface area contributed by atoms with Crippen molar-refractivity contribution in [1.82, 2.24) is 5.43 Å². The number of benzene rings is 2. The zero-order valence-electron chi connectivity index (χ0n) is 13.3. The van der Waals surface area contributed by atoms with E-state index in [1.165, 1.54) is 25.5 Å². The Morgan fingerprint density at radius 3 is 2.60 bits per heavy atom. The van der Waals surface area contributed by atoms with Crippen LogP contribution in [0.15, 0.2) is 47.6 Å². The number of hydrogen-bond acceptors (Lipinski definition) is 6. The number of nitrogens with one attached hydrogen (secondary N) is 1. The molecule has 0 aromatic heterocycles. The Morgan fingerprint density at radius 1 is 1.28 bits per heavy atom. The van der Waals surface area contributed by atoms with Gasteiger partial charge >= 0.3 is 6.03 Å². The summed E-state index contributed by atoms with van der Waals surface area (Å²) in [5, 5.41) is 14.3. The van der Waals surface area contributed by atoms with Gasteiger partial charge in [0.2, 0.25) is 0 Å². The molecule has 130 valence electrons. The lowest BCUT2D eigenvalue weighted by molar-refractivity contribution is -0.384. The summed E-state index contributed by atoms with van der Waals surface area (Å²) in [6.07, 6.45) is 1.41. The molecule has 0 saturated carbocycles. The molecule has 2 aromatic carbocycles. The number of primary amides is 1. The lowest BCUT2D eigenvalue weighted by Crippen LogP contribution is -2.24. The third-order valence-corrected chi connectivity index (χ3v) is 3.12. The molecule has 0 heterocycles. The van der Waals surface area contributed by atoms with Crippen LogP contribution in [0.2, 0.25) is 0 Å². The molecule has 0 fully saturated rings. The molecule has 9 heteroatoms. The number of nitrogens with zero attached hydrogens (tertiary/aromatic N) is 2. The molecular weight excluding hydrogens is 328 g/mol. The van der Waals surface area contributed by atoms with E-state index in [4.69, 9.17) is 15.2 Å². The van der Waals surface area contributed by atoms with Gasteiger partial charge in [0, 0.05) is 12.1 Å². The van der Waals surface area contributed by atoms with E-state index in [1.54, 1.807) is 30.3 Å². The number of ether oxygens (including phenoxy) is 2. The van der Waals surface area contributed by atoms with Crippen LogP contribution in [0.3, 0.4) is 0 Å². The van der Waals surface area contributed by atoms with Gasteiger partial charge in [-0.2, -0.15) is 5.10 Å². The molecule has 0 spiro atoms. The van der Waals surface area contributed by atoms with Crippen LogP contribution < -0.4 is 20.6 Å².